The largest absolute Gasteiger partial charge is 0.369 e. The van der Waals surface area contributed by atoms with E-state index < -0.39 is 0 Å². The maximum atomic E-state index is 13.1. The molecule has 0 aromatic heterocycles. The van der Waals surface area contributed by atoms with Crippen molar-refractivity contribution in [1.29, 1.82) is 0 Å². The van der Waals surface area contributed by atoms with Crippen LogP contribution in [0.25, 0.3) is 0 Å². The Balaban J connectivity index is 1.13. The molecule has 0 radical (unpaired) electrons. The summed E-state index contributed by atoms with van der Waals surface area (Å²) in [6.45, 7) is 6.79. The van der Waals surface area contributed by atoms with Crippen LogP contribution in [0.5, 0.6) is 0 Å². The van der Waals surface area contributed by atoms with Crippen LogP contribution < -0.4 is 4.90 Å². The highest BCUT2D eigenvalue weighted by molar-refractivity contribution is 5.78. The van der Waals surface area contributed by atoms with Crippen LogP contribution in [0.4, 0.5) is 11.4 Å². The third-order valence-electron chi connectivity index (χ3n) is 7.42. The van der Waals surface area contributed by atoms with Gasteiger partial charge in [-0.2, -0.15) is 0 Å². The molecule has 8 heteroatoms. The number of benzene rings is 3. The van der Waals surface area contributed by atoms with Crippen LogP contribution in [0.1, 0.15) is 17.2 Å². The van der Waals surface area contributed by atoms with Gasteiger partial charge in [0.25, 0.3) is 5.69 Å². The minimum atomic E-state index is -0.378. The number of nitro groups is 1. The molecular weight excluding hydrogens is 466 g/mol. The molecule has 3 aromatic carbocycles. The summed E-state index contributed by atoms with van der Waals surface area (Å²) in [5, 5.41) is 10.9. The van der Waals surface area contributed by atoms with E-state index in [0.29, 0.717) is 6.54 Å². The maximum Gasteiger partial charge on any atom is 0.269 e. The highest BCUT2D eigenvalue weighted by Crippen LogP contribution is 2.29. The number of nitrogens with zero attached hydrogens (tertiary/aromatic N) is 5. The molecule has 0 saturated carbocycles. The van der Waals surface area contributed by atoms with Gasteiger partial charge in [-0.05, 0) is 23.3 Å². The molecule has 0 atom stereocenters. The van der Waals surface area contributed by atoms with Crippen LogP contribution in [-0.2, 0) is 4.79 Å². The van der Waals surface area contributed by atoms with Crippen molar-refractivity contribution in [2.24, 2.45) is 0 Å². The number of rotatable bonds is 7. The predicted octanol–water partition coefficient (Wildman–Crippen LogP) is 3.65. The fourth-order valence-corrected chi connectivity index (χ4v) is 5.35. The van der Waals surface area contributed by atoms with E-state index in [9.17, 15) is 14.9 Å². The fraction of sp³-hybridized carbons (Fsp3) is 0.345. The molecule has 2 aliphatic rings. The van der Waals surface area contributed by atoms with E-state index in [1.807, 2.05) is 17.0 Å². The summed E-state index contributed by atoms with van der Waals surface area (Å²) in [6.07, 6.45) is 0. The number of anilines is 1. The molecule has 2 saturated heterocycles. The number of hydrogen-bond donors (Lipinski definition) is 0. The third kappa shape index (κ3) is 5.98. The summed E-state index contributed by atoms with van der Waals surface area (Å²) in [7, 11) is 0. The van der Waals surface area contributed by atoms with Gasteiger partial charge in [0.1, 0.15) is 0 Å². The zero-order valence-corrected chi connectivity index (χ0v) is 21.0. The maximum absolute atomic E-state index is 13.1. The number of piperazine rings is 2. The van der Waals surface area contributed by atoms with Crippen LogP contribution in [0.3, 0.4) is 0 Å². The van der Waals surface area contributed by atoms with Crippen LogP contribution >= 0.6 is 0 Å². The molecule has 3 aromatic rings. The lowest BCUT2D eigenvalue weighted by atomic mass is 9.96. The highest BCUT2D eigenvalue weighted by atomic mass is 16.6. The van der Waals surface area contributed by atoms with Crippen molar-refractivity contribution in [2.75, 3.05) is 63.8 Å². The standard InChI is InChI=1S/C29H33N5O3/c35-28(23-30-15-17-31(18-16-30)26-11-13-27(14-12-26)34(36)37)32-19-21-33(22-20-32)29(24-7-3-1-4-8-24)25-9-5-2-6-10-25/h1-14,29H,15-23H2. The molecule has 0 aliphatic carbocycles. The van der Waals surface area contributed by atoms with Crippen molar-refractivity contribution >= 4 is 17.3 Å². The average molecular weight is 500 g/mol. The second-order valence-electron chi connectivity index (χ2n) is 9.68. The number of nitro benzene ring substituents is 1. The van der Waals surface area contributed by atoms with E-state index in [0.717, 1.165) is 58.0 Å². The third-order valence-corrected chi connectivity index (χ3v) is 7.42. The fourth-order valence-electron chi connectivity index (χ4n) is 5.35. The summed E-state index contributed by atoms with van der Waals surface area (Å²) in [5.74, 6) is 0.194. The van der Waals surface area contributed by atoms with Crippen molar-refractivity contribution in [2.45, 2.75) is 6.04 Å². The Kier molecular flexibility index (Phi) is 7.77. The minimum Gasteiger partial charge on any atom is -0.369 e. The van der Waals surface area contributed by atoms with Gasteiger partial charge in [0.05, 0.1) is 17.5 Å². The van der Waals surface area contributed by atoms with Crippen LogP contribution in [0.15, 0.2) is 84.9 Å². The van der Waals surface area contributed by atoms with Crippen molar-refractivity contribution < 1.29 is 9.72 Å². The second-order valence-corrected chi connectivity index (χ2v) is 9.68. The van der Waals surface area contributed by atoms with Gasteiger partial charge in [0, 0.05) is 70.2 Å². The van der Waals surface area contributed by atoms with E-state index in [1.54, 1.807) is 24.3 Å². The molecular formula is C29H33N5O3. The summed E-state index contributed by atoms with van der Waals surface area (Å²) < 4.78 is 0. The average Bonchev–Trinajstić information content (AvgIpc) is 2.95. The molecule has 0 unspecified atom stereocenters. The van der Waals surface area contributed by atoms with Crippen LogP contribution in [-0.4, -0.2) is 84.4 Å². The molecule has 0 bridgehead atoms. The first kappa shape index (κ1) is 24.9. The van der Waals surface area contributed by atoms with Gasteiger partial charge in [-0.3, -0.25) is 24.7 Å². The highest BCUT2D eigenvalue weighted by Gasteiger charge is 2.29. The van der Waals surface area contributed by atoms with Gasteiger partial charge in [-0.1, -0.05) is 60.7 Å². The van der Waals surface area contributed by atoms with E-state index in [1.165, 1.54) is 11.1 Å². The normalized spacial score (nSPS) is 17.2. The van der Waals surface area contributed by atoms with Crippen molar-refractivity contribution in [3.8, 4) is 0 Å². The summed E-state index contributed by atoms with van der Waals surface area (Å²) in [5.41, 5.74) is 3.64. The quantitative estimate of drug-likeness (QED) is 0.365. The number of non-ortho nitro benzene ring substituents is 1. The molecule has 192 valence electrons. The summed E-state index contributed by atoms with van der Waals surface area (Å²) >= 11 is 0. The first-order valence-corrected chi connectivity index (χ1v) is 12.9. The Morgan fingerprint density at radius 2 is 1.27 bits per heavy atom. The molecule has 0 spiro atoms. The molecule has 8 nitrogen and oxygen atoms in total. The Labute approximate surface area is 217 Å². The first-order chi connectivity index (χ1) is 18.1. The first-order valence-electron chi connectivity index (χ1n) is 12.9. The number of carbonyl (C=O) groups excluding carboxylic acids is 1. The zero-order chi connectivity index (χ0) is 25.6. The number of amides is 1. The zero-order valence-electron chi connectivity index (χ0n) is 21.0. The predicted molar refractivity (Wildman–Crippen MR) is 145 cm³/mol. The van der Waals surface area contributed by atoms with Crippen molar-refractivity contribution in [3.63, 3.8) is 0 Å². The summed E-state index contributed by atoms with van der Waals surface area (Å²) in [6, 6.07) is 28.1. The van der Waals surface area contributed by atoms with E-state index in [2.05, 4.69) is 63.2 Å². The van der Waals surface area contributed by atoms with Crippen molar-refractivity contribution in [3.05, 3.63) is 106 Å². The van der Waals surface area contributed by atoms with Crippen LogP contribution in [0.2, 0.25) is 0 Å². The SMILES string of the molecule is O=C(CN1CCN(c2ccc([N+](=O)[O-])cc2)CC1)N1CCN(C(c2ccccc2)c2ccccc2)CC1. The Morgan fingerprint density at radius 3 is 1.78 bits per heavy atom. The lowest BCUT2D eigenvalue weighted by Crippen LogP contribution is -2.54. The molecule has 5 rings (SSSR count). The van der Waals surface area contributed by atoms with Gasteiger partial charge >= 0.3 is 0 Å². The Bertz CT molecular complexity index is 1130. The number of hydrogen-bond acceptors (Lipinski definition) is 6. The lowest BCUT2D eigenvalue weighted by molar-refractivity contribution is -0.384. The van der Waals surface area contributed by atoms with Gasteiger partial charge in [0.2, 0.25) is 5.91 Å². The van der Waals surface area contributed by atoms with E-state index in [4.69, 9.17) is 0 Å². The topological polar surface area (TPSA) is 73.2 Å². The molecule has 2 aliphatic heterocycles. The Morgan fingerprint density at radius 1 is 0.730 bits per heavy atom. The van der Waals surface area contributed by atoms with E-state index in [-0.39, 0.29) is 22.6 Å². The van der Waals surface area contributed by atoms with Gasteiger partial charge in [-0.15, -0.1) is 0 Å². The minimum absolute atomic E-state index is 0.104. The lowest BCUT2D eigenvalue weighted by Gasteiger charge is -2.41. The molecule has 1 amide bonds. The molecule has 2 fully saturated rings. The molecule has 37 heavy (non-hydrogen) atoms. The van der Waals surface area contributed by atoms with Crippen LogP contribution in [0, 0.1) is 10.1 Å². The monoisotopic (exact) mass is 499 g/mol. The number of carbonyl (C=O) groups is 1. The van der Waals surface area contributed by atoms with E-state index >= 15 is 0 Å². The van der Waals surface area contributed by atoms with Crippen molar-refractivity contribution in [1.82, 2.24) is 14.7 Å². The van der Waals surface area contributed by atoms with Gasteiger partial charge < -0.3 is 9.80 Å². The molecule has 0 N–H and O–H groups in total. The summed E-state index contributed by atoms with van der Waals surface area (Å²) in [4.78, 5) is 32.6. The smallest absolute Gasteiger partial charge is 0.269 e. The Hall–Kier alpha value is -3.75. The molecule has 2 heterocycles. The second kappa shape index (κ2) is 11.5. The van der Waals surface area contributed by atoms with Gasteiger partial charge in [-0.25, -0.2) is 0 Å². The van der Waals surface area contributed by atoms with Gasteiger partial charge in [0.15, 0.2) is 0 Å².